The number of ether oxygens (including phenoxy) is 1. The van der Waals surface area contributed by atoms with Crippen molar-refractivity contribution in [2.75, 3.05) is 7.11 Å². The summed E-state index contributed by atoms with van der Waals surface area (Å²) in [5.41, 5.74) is -1.61. The second-order valence-corrected chi connectivity index (χ2v) is 2.30. The zero-order valence-electron chi connectivity index (χ0n) is 6.37. The van der Waals surface area contributed by atoms with Crippen LogP contribution in [-0.4, -0.2) is 30.8 Å². The van der Waals surface area contributed by atoms with Crippen LogP contribution in [0.3, 0.4) is 0 Å². The van der Waals surface area contributed by atoms with Crippen molar-refractivity contribution in [3.63, 3.8) is 0 Å². The number of esters is 1. The van der Waals surface area contributed by atoms with Crippen LogP contribution in [0.4, 0.5) is 0 Å². The summed E-state index contributed by atoms with van der Waals surface area (Å²) in [4.78, 5) is 32.2. The molecule has 1 N–H and O–H groups in total. The monoisotopic (exact) mass is 169 g/mol. The van der Waals surface area contributed by atoms with Crippen molar-refractivity contribution in [2.24, 2.45) is 0 Å². The first-order valence-electron chi connectivity index (χ1n) is 3.21. The Morgan fingerprint density at radius 3 is 2.75 bits per heavy atom. The molecule has 5 nitrogen and oxygen atoms in total. The van der Waals surface area contributed by atoms with Gasteiger partial charge in [0, 0.05) is 6.08 Å². The van der Waals surface area contributed by atoms with Gasteiger partial charge in [-0.2, -0.15) is 0 Å². The molecule has 1 rings (SSSR count). The summed E-state index contributed by atoms with van der Waals surface area (Å²) >= 11 is 0. The molecule has 5 heteroatoms. The highest BCUT2D eigenvalue weighted by molar-refractivity contribution is 6.10. The summed E-state index contributed by atoms with van der Waals surface area (Å²) < 4.78 is 4.34. The van der Waals surface area contributed by atoms with Crippen LogP contribution in [0.25, 0.3) is 0 Å². The van der Waals surface area contributed by atoms with E-state index in [0.29, 0.717) is 6.29 Å². The molecule has 0 saturated heterocycles. The van der Waals surface area contributed by atoms with Crippen molar-refractivity contribution in [1.82, 2.24) is 5.32 Å². The minimum Gasteiger partial charge on any atom is -0.467 e. The number of nitrogens with one attached hydrogen (secondary N) is 1. The molecule has 12 heavy (non-hydrogen) atoms. The molecule has 1 aliphatic heterocycles. The lowest BCUT2D eigenvalue weighted by atomic mass is 10.0. The van der Waals surface area contributed by atoms with Crippen molar-refractivity contribution < 1.29 is 19.1 Å². The lowest BCUT2D eigenvalue weighted by molar-refractivity contribution is -0.149. The maximum Gasteiger partial charge on any atom is 0.343 e. The molecule has 0 bridgehead atoms. The molecular formula is C7H7NO4. The quantitative estimate of drug-likeness (QED) is 0.319. The van der Waals surface area contributed by atoms with Gasteiger partial charge in [-0.25, -0.2) is 4.79 Å². The number of amides is 1. The van der Waals surface area contributed by atoms with Gasteiger partial charge in [0.15, 0.2) is 6.29 Å². The summed E-state index contributed by atoms with van der Waals surface area (Å²) in [7, 11) is 1.14. The fraction of sp³-hybridized carbons (Fsp3) is 0.286. The predicted octanol–water partition coefficient (Wildman–Crippen LogP) is -1.22. The standard InChI is InChI=1S/C7H7NO4/c1-12-6(11)7(4-9)3-2-5(10)8-7/h2-4H,1H3,(H,8,10). The number of hydrogen-bond acceptors (Lipinski definition) is 4. The van der Waals surface area contributed by atoms with E-state index in [1.54, 1.807) is 0 Å². The first kappa shape index (κ1) is 8.45. The van der Waals surface area contributed by atoms with Crippen LogP contribution in [0.2, 0.25) is 0 Å². The fourth-order valence-corrected chi connectivity index (χ4v) is 0.899. The lowest BCUT2D eigenvalue weighted by Gasteiger charge is -2.16. The molecule has 1 amide bonds. The Morgan fingerprint density at radius 2 is 2.42 bits per heavy atom. The molecule has 0 aromatic rings. The largest absolute Gasteiger partial charge is 0.467 e. The van der Waals surface area contributed by atoms with Gasteiger partial charge in [-0.3, -0.25) is 9.59 Å². The number of rotatable bonds is 2. The van der Waals surface area contributed by atoms with Gasteiger partial charge in [-0.1, -0.05) is 0 Å². The molecule has 0 saturated carbocycles. The predicted molar refractivity (Wildman–Crippen MR) is 38.1 cm³/mol. The smallest absolute Gasteiger partial charge is 0.343 e. The molecule has 0 aromatic heterocycles. The highest BCUT2D eigenvalue weighted by atomic mass is 16.5. The van der Waals surface area contributed by atoms with Crippen LogP contribution in [-0.2, 0) is 19.1 Å². The molecule has 1 aliphatic rings. The van der Waals surface area contributed by atoms with E-state index >= 15 is 0 Å². The van der Waals surface area contributed by atoms with Crippen LogP contribution in [0.15, 0.2) is 12.2 Å². The summed E-state index contributed by atoms with van der Waals surface area (Å²) in [5.74, 6) is -1.27. The minimum atomic E-state index is -1.61. The summed E-state index contributed by atoms with van der Waals surface area (Å²) in [5, 5.41) is 2.18. The molecule has 0 radical (unpaired) electrons. The van der Waals surface area contributed by atoms with Crippen molar-refractivity contribution in [1.29, 1.82) is 0 Å². The zero-order valence-corrected chi connectivity index (χ0v) is 6.37. The molecule has 1 unspecified atom stereocenters. The second-order valence-electron chi connectivity index (χ2n) is 2.30. The van der Waals surface area contributed by atoms with Crippen LogP contribution < -0.4 is 5.32 Å². The van der Waals surface area contributed by atoms with Gasteiger partial charge in [0.1, 0.15) is 0 Å². The number of aldehydes is 1. The van der Waals surface area contributed by atoms with Crippen molar-refractivity contribution in [3.05, 3.63) is 12.2 Å². The van der Waals surface area contributed by atoms with Crippen LogP contribution >= 0.6 is 0 Å². The molecular weight excluding hydrogens is 162 g/mol. The van der Waals surface area contributed by atoms with Crippen molar-refractivity contribution >= 4 is 18.2 Å². The summed E-state index contributed by atoms with van der Waals surface area (Å²) in [6.07, 6.45) is 2.62. The number of carbonyl (C=O) groups is 3. The lowest BCUT2D eigenvalue weighted by Crippen LogP contribution is -2.51. The van der Waals surface area contributed by atoms with E-state index in [4.69, 9.17) is 0 Å². The Labute approximate surface area is 68.4 Å². The van der Waals surface area contributed by atoms with Crippen LogP contribution in [0.1, 0.15) is 0 Å². The van der Waals surface area contributed by atoms with Crippen molar-refractivity contribution in [3.8, 4) is 0 Å². The van der Waals surface area contributed by atoms with Gasteiger partial charge in [-0.15, -0.1) is 0 Å². The normalized spacial score (nSPS) is 26.6. The molecule has 1 atom stereocenters. The molecule has 0 fully saturated rings. The van der Waals surface area contributed by atoms with E-state index in [9.17, 15) is 14.4 Å². The Balaban J connectivity index is 2.93. The highest BCUT2D eigenvalue weighted by Gasteiger charge is 2.41. The van der Waals surface area contributed by atoms with Crippen LogP contribution in [0, 0.1) is 0 Å². The highest BCUT2D eigenvalue weighted by Crippen LogP contribution is 2.11. The van der Waals surface area contributed by atoms with E-state index in [1.807, 2.05) is 0 Å². The van der Waals surface area contributed by atoms with Gasteiger partial charge < -0.3 is 10.1 Å². The van der Waals surface area contributed by atoms with Gasteiger partial charge in [0.2, 0.25) is 11.4 Å². The van der Waals surface area contributed by atoms with Crippen LogP contribution in [0.5, 0.6) is 0 Å². The van der Waals surface area contributed by atoms with Crippen molar-refractivity contribution in [2.45, 2.75) is 5.54 Å². The van der Waals surface area contributed by atoms with Gasteiger partial charge >= 0.3 is 5.97 Å². The molecule has 0 spiro atoms. The fourth-order valence-electron chi connectivity index (χ4n) is 0.899. The Kier molecular flexibility index (Phi) is 1.95. The Bertz CT molecular complexity index is 271. The summed E-state index contributed by atoms with van der Waals surface area (Å²) in [6.45, 7) is 0. The molecule has 64 valence electrons. The number of methoxy groups -OCH3 is 1. The van der Waals surface area contributed by atoms with E-state index < -0.39 is 17.4 Å². The van der Waals surface area contributed by atoms with Gasteiger partial charge in [0.05, 0.1) is 7.11 Å². The average Bonchev–Trinajstić information content (AvgIpc) is 2.47. The van der Waals surface area contributed by atoms with E-state index in [-0.39, 0.29) is 0 Å². The molecule has 1 heterocycles. The second kappa shape index (κ2) is 2.77. The maximum atomic E-state index is 11.0. The Morgan fingerprint density at radius 1 is 1.75 bits per heavy atom. The Hall–Kier alpha value is -1.65. The summed E-state index contributed by atoms with van der Waals surface area (Å²) in [6, 6.07) is 0. The zero-order chi connectivity index (χ0) is 9.19. The minimum absolute atomic E-state index is 0.334. The van der Waals surface area contributed by atoms with E-state index in [2.05, 4.69) is 10.1 Å². The first-order valence-corrected chi connectivity index (χ1v) is 3.21. The van der Waals surface area contributed by atoms with Gasteiger partial charge in [-0.05, 0) is 6.08 Å². The average molecular weight is 169 g/mol. The third-order valence-corrected chi connectivity index (χ3v) is 1.54. The van der Waals surface area contributed by atoms with E-state index in [1.165, 1.54) is 6.08 Å². The topological polar surface area (TPSA) is 72.5 Å². The molecule has 0 aromatic carbocycles. The first-order chi connectivity index (χ1) is 5.64. The SMILES string of the molecule is COC(=O)C1(C=O)C=CC(=O)N1. The maximum absolute atomic E-state index is 11.0. The third kappa shape index (κ3) is 1.09. The number of carbonyl (C=O) groups excluding carboxylic acids is 3. The van der Waals surface area contributed by atoms with E-state index in [0.717, 1.165) is 13.2 Å². The number of hydrogen-bond donors (Lipinski definition) is 1. The van der Waals surface area contributed by atoms with Gasteiger partial charge in [0.25, 0.3) is 0 Å². The third-order valence-electron chi connectivity index (χ3n) is 1.54. The molecule has 0 aliphatic carbocycles.